The van der Waals surface area contributed by atoms with Crippen molar-refractivity contribution in [3.05, 3.63) is 30.1 Å². The van der Waals surface area contributed by atoms with Crippen LogP contribution >= 0.6 is 0 Å². The third kappa shape index (κ3) is 6.15. The topological polar surface area (TPSA) is 75.7 Å². The van der Waals surface area contributed by atoms with Crippen LogP contribution in [0, 0.1) is 5.82 Å². The Morgan fingerprint density at radius 2 is 2.09 bits per heavy atom. The van der Waals surface area contributed by atoms with Crippen molar-refractivity contribution >= 4 is 15.7 Å². The molecule has 1 aromatic rings. The van der Waals surface area contributed by atoms with Crippen LogP contribution < -0.4 is 10.1 Å². The van der Waals surface area contributed by atoms with E-state index >= 15 is 0 Å². The summed E-state index contributed by atoms with van der Waals surface area (Å²) in [5.41, 5.74) is 0. The first kappa shape index (κ1) is 17.7. The molecule has 1 aliphatic heterocycles. The lowest BCUT2D eigenvalue weighted by molar-refractivity contribution is -0.122. The Kier molecular flexibility index (Phi) is 5.95. The highest BCUT2D eigenvalue weighted by atomic mass is 32.2. The molecule has 1 aromatic carbocycles. The van der Waals surface area contributed by atoms with Gasteiger partial charge in [0.05, 0.1) is 18.1 Å². The number of halogens is 1. The van der Waals surface area contributed by atoms with Gasteiger partial charge in [0.1, 0.15) is 18.2 Å². The van der Waals surface area contributed by atoms with E-state index in [9.17, 15) is 17.6 Å². The summed E-state index contributed by atoms with van der Waals surface area (Å²) in [5, 5.41) is 2.74. The molecule has 23 heavy (non-hydrogen) atoms. The van der Waals surface area contributed by atoms with Gasteiger partial charge in [-0.25, -0.2) is 12.8 Å². The highest BCUT2D eigenvalue weighted by Crippen LogP contribution is 2.11. The summed E-state index contributed by atoms with van der Waals surface area (Å²) in [6.07, 6.45) is 0.478. The van der Waals surface area contributed by atoms with Crippen molar-refractivity contribution in [3.63, 3.8) is 0 Å². The molecular weight excluding hydrogens is 323 g/mol. The number of nitrogens with one attached hydrogen (secondary N) is 1. The third-order valence-electron chi connectivity index (χ3n) is 3.57. The highest BCUT2D eigenvalue weighted by molar-refractivity contribution is 7.91. The molecule has 1 atom stereocenters. The molecule has 1 heterocycles. The number of likely N-dealkylation sites (N-methyl/N-ethyl adjacent to an activating group) is 1. The molecule has 0 unspecified atom stereocenters. The second-order valence-corrected chi connectivity index (χ2v) is 7.94. The first-order valence-electron chi connectivity index (χ1n) is 7.41. The van der Waals surface area contributed by atoms with Crippen molar-refractivity contribution in [1.29, 1.82) is 0 Å². The number of hydrogen-bond acceptors (Lipinski definition) is 5. The van der Waals surface area contributed by atoms with E-state index in [4.69, 9.17) is 4.74 Å². The SMILES string of the molecule is CN(CCOc1ccc(F)cc1)CC(=O)N[C@@H]1CCS(=O)(=O)C1. The molecule has 0 bridgehead atoms. The van der Waals surface area contributed by atoms with E-state index < -0.39 is 9.84 Å². The number of benzene rings is 1. The van der Waals surface area contributed by atoms with E-state index in [2.05, 4.69) is 5.32 Å². The Bertz CT molecular complexity index is 633. The molecule has 1 aliphatic rings. The molecule has 6 nitrogen and oxygen atoms in total. The molecule has 0 aliphatic carbocycles. The number of carbonyl (C=O) groups excluding carboxylic acids is 1. The lowest BCUT2D eigenvalue weighted by Crippen LogP contribution is -2.42. The minimum Gasteiger partial charge on any atom is -0.492 e. The molecule has 0 radical (unpaired) electrons. The maximum atomic E-state index is 12.7. The van der Waals surface area contributed by atoms with Crippen LogP contribution in [0.2, 0.25) is 0 Å². The second-order valence-electron chi connectivity index (χ2n) is 5.71. The van der Waals surface area contributed by atoms with Crippen molar-refractivity contribution in [1.82, 2.24) is 10.2 Å². The molecule has 1 N–H and O–H groups in total. The Balaban J connectivity index is 1.65. The van der Waals surface area contributed by atoms with Crippen molar-refractivity contribution in [3.8, 4) is 5.75 Å². The van der Waals surface area contributed by atoms with Crippen molar-refractivity contribution < 1.29 is 22.3 Å². The monoisotopic (exact) mass is 344 g/mol. The average molecular weight is 344 g/mol. The predicted octanol–water partition coefficient (Wildman–Crippen LogP) is 0.440. The van der Waals surface area contributed by atoms with Gasteiger partial charge in [0.25, 0.3) is 0 Å². The van der Waals surface area contributed by atoms with E-state index in [1.54, 1.807) is 24.1 Å². The summed E-state index contributed by atoms with van der Waals surface area (Å²) in [6.45, 7) is 1.06. The molecule has 8 heteroatoms. The molecule has 0 spiro atoms. The normalized spacial score (nSPS) is 19.7. The number of hydrogen-bond donors (Lipinski definition) is 1. The van der Waals surface area contributed by atoms with Gasteiger partial charge in [-0.15, -0.1) is 0 Å². The van der Waals surface area contributed by atoms with E-state index in [-0.39, 0.29) is 35.8 Å². The van der Waals surface area contributed by atoms with Gasteiger partial charge in [-0.2, -0.15) is 0 Å². The van der Waals surface area contributed by atoms with Gasteiger partial charge >= 0.3 is 0 Å². The van der Waals surface area contributed by atoms with Gasteiger partial charge in [-0.1, -0.05) is 0 Å². The third-order valence-corrected chi connectivity index (χ3v) is 5.33. The minimum atomic E-state index is -2.99. The molecule has 1 fully saturated rings. The molecule has 0 aromatic heterocycles. The van der Waals surface area contributed by atoms with Gasteiger partial charge in [-0.05, 0) is 37.7 Å². The highest BCUT2D eigenvalue weighted by Gasteiger charge is 2.28. The van der Waals surface area contributed by atoms with E-state index in [1.165, 1.54) is 12.1 Å². The van der Waals surface area contributed by atoms with Crippen LogP contribution in [0.1, 0.15) is 6.42 Å². The Hall–Kier alpha value is -1.67. The molecule has 1 saturated heterocycles. The van der Waals surface area contributed by atoms with Crippen molar-refractivity contribution in [2.75, 3.05) is 38.2 Å². The quantitative estimate of drug-likeness (QED) is 0.777. The zero-order chi connectivity index (χ0) is 16.9. The minimum absolute atomic E-state index is 0.0239. The molecule has 128 valence electrons. The fourth-order valence-electron chi connectivity index (χ4n) is 2.36. The fraction of sp³-hybridized carbons (Fsp3) is 0.533. The lowest BCUT2D eigenvalue weighted by atomic mass is 10.2. The van der Waals surface area contributed by atoms with E-state index in [0.717, 1.165) is 0 Å². The van der Waals surface area contributed by atoms with Crippen molar-refractivity contribution in [2.24, 2.45) is 0 Å². The van der Waals surface area contributed by atoms with Crippen LogP contribution in [0.4, 0.5) is 4.39 Å². The molecular formula is C15H21FN2O4S. The number of amides is 1. The van der Waals surface area contributed by atoms with Gasteiger partial charge in [0.15, 0.2) is 9.84 Å². The fourth-order valence-corrected chi connectivity index (χ4v) is 4.03. The van der Waals surface area contributed by atoms with Gasteiger partial charge in [-0.3, -0.25) is 9.69 Å². The molecule has 0 saturated carbocycles. The summed E-state index contributed by atoms with van der Waals surface area (Å²) in [4.78, 5) is 13.6. The molecule has 2 rings (SSSR count). The lowest BCUT2D eigenvalue weighted by Gasteiger charge is -2.18. The van der Waals surface area contributed by atoms with Crippen LogP contribution in [-0.4, -0.2) is 63.5 Å². The average Bonchev–Trinajstić information content (AvgIpc) is 2.79. The largest absolute Gasteiger partial charge is 0.492 e. The summed E-state index contributed by atoms with van der Waals surface area (Å²) in [5.74, 6) is 0.215. The second kappa shape index (κ2) is 7.74. The van der Waals surface area contributed by atoms with Crippen LogP contribution in [0.25, 0.3) is 0 Å². The number of rotatable bonds is 7. The maximum Gasteiger partial charge on any atom is 0.234 e. The number of nitrogens with zero attached hydrogens (tertiary/aromatic N) is 1. The Morgan fingerprint density at radius 1 is 1.39 bits per heavy atom. The summed E-state index contributed by atoms with van der Waals surface area (Å²) in [7, 11) is -1.22. The van der Waals surface area contributed by atoms with Crippen LogP contribution in [0.5, 0.6) is 5.75 Å². The number of sulfone groups is 1. The maximum absolute atomic E-state index is 12.7. The number of ether oxygens (including phenoxy) is 1. The number of carbonyl (C=O) groups is 1. The van der Waals surface area contributed by atoms with Crippen LogP contribution in [0.3, 0.4) is 0 Å². The van der Waals surface area contributed by atoms with E-state index in [0.29, 0.717) is 25.3 Å². The molecule has 1 amide bonds. The summed E-state index contributed by atoms with van der Waals surface area (Å²) in [6, 6.07) is 5.45. The van der Waals surface area contributed by atoms with Gasteiger partial charge in [0.2, 0.25) is 5.91 Å². The summed E-state index contributed by atoms with van der Waals surface area (Å²) < 4.78 is 40.9. The smallest absolute Gasteiger partial charge is 0.234 e. The first-order chi connectivity index (χ1) is 10.8. The summed E-state index contributed by atoms with van der Waals surface area (Å²) >= 11 is 0. The van der Waals surface area contributed by atoms with Gasteiger partial charge in [0, 0.05) is 12.6 Å². The Morgan fingerprint density at radius 3 is 2.70 bits per heavy atom. The van der Waals surface area contributed by atoms with Crippen LogP contribution in [-0.2, 0) is 14.6 Å². The first-order valence-corrected chi connectivity index (χ1v) is 9.23. The van der Waals surface area contributed by atoms with Crippen molar-refractivity contribution in [2.45, 2.75) is 12.5 Å². The zero-order valence-corrected chi connectivity index (χ0v) is 13.8. The van der Waals surface area contributed by atoms with Gasteiger partial charge < -0.3 is 10.1 Å². The van der Waals surface area contributed by atoms with Crippen LogP contribution in [0.15, 0.2) is 24.3 Å². The standard InChI is InChI=1S/C15H21FN2O4S/c1-18(7-8-22-14-4-2-12(16)3-5-14)10-15(19)17-13-6-9-23(20,21)11-13/h2-5,13H,6-11H2,1H3,(H,17,19)/t13-/m1/s1. The van der Waals surface area contributed by atoms with E-state index in [1.807, 2.05) is 0 Å². The zero-order valence-electron chi connectivity index (χ0n) is 13.0. The Labute approximate surface area is 135 Å². The predicted molar refractivity (Wildman–Crippen MR) is 84.6 cm³/mol.